The van der Waals surface area contributed by atoms with E-state index in [0.29, 0.717) is 6.61 Å². The second-order valence-corrected chi connectivity index (χ2v) is 4.78. The van der Waals surface area contributed by atoms with Gasteiger partial charge >= 0.3 is 5.97 Å². The molecule has 0 spiro atoms. The van der Waals surface area contributed by atoms with Crippen molar-refractivity contribution < 1.29 is 14.6 Å². The maximum absolute atomic E-state index is 11.0. The summed E-state index contributed by atoms with van der Waals surface area (Å²) in [5.41, 5.74) is 3.05. The fraction of sp³-hybridized carbons (Fsp3) is 0.471. The van der Waals surface area contributed by atoms with E-state index in [0.717, 1.165) is 48.1 Å². The number of hydrogen-bond donors (Lipinski definition) is 1. The molecule has 0 bridgehead atoms. The largest absolute Gasteiger partial charge is 0.494 e. The number of hydrogen-bond acceptors (Lipinski definition) is 2. The lowest BCUT2D eigenvalue weighted by Gasteiger charge is -2.13. The zero-order chi connectivity index (χ0) is 15.0. The molecule has 1 aromatic rings. The fourth-order valence-corrected chi connectivity index (χ4v) is 2.19. The van der Waals surface area contributed by atoms with Gasteiger partial charge in [-0.05, 0) is 48.1 Å². The Morgan fingerprint density at radius 1 is 1.25 bits per heavy atom. The Kier molecular flexibility index (Phi) is 6.85. The minimum Gasteiger partial charge on any atom is -0.494 e. The number of carboxylic acids is 1. The zero-order valence-electron chi connectivity index (χ0n) is 12.6. The van der Waals surface area contributed by atoms with Gasteiger partial charge in [0.1, 0.15) is 5.75 Å². The van der Waals surface area contributed by atoms with E-state index in [9.17, 15) is 4.79 Å². The van der Waals surface area contributed by atoms with Crippen LogP contribution in [0.5, 0.6) is 5.75 Å². The van der Waals surface area contributed by atoms with Gasteiger partial charge in [-0.3, -0.25) is 0 Å². The molecule has 0 amide bonds. The minimum absolute atomic E-state index is 0.704. The first-order chi connectivity index (χ1) is 9.62. The molecule has 0 aliphatic carbocycles. The summed E-state index contributed by atoms with van der Waals surface area (Å²) in [6, 6.07) is 5.93. The number of aliphatic carboxylic acids is 1. The van der Waals surface area contributed by atoms with Crippen LogP contribution in [0.3, 0.4) is 0 Å². The van der Waals surface area contributed by atoms with Gasteiger partial charge in [0.25, 0.3) is 0 Å². The molecule has 0 aliphatic heterocycles. The summed E-state index contributed by atoms with van der Waals surface area (Å²) in [7, 11) is 0. The van der Waals surface area contributed by atoms with E-state index in [-0.39, 0.29) is 0 Å². The van der Waals surface area contributed by atoms with Crippen LogP contribution in [-0.4, -0.2) is 17.7 Å². The molecule has 0 aliphatic rings. The van der Waals surface area contributed by atoms with E-state index in [1.807, 2.05) is 18.2 Å². The number of carboxylic acid groups (broad SMARTS) is 1. The summed E-state index contributed by atoms with van der Waals surface area (Å²) in [6.45, 7) is 6.91. The Morgan fingerprint density at radius 2 is 2.00 bits per heavy atom. The Labute approximate surface area is 121 Å². The number of benzene rings is 1. The van der Waals surface area contributed by atoms with Gasteiger partial charge in [0, 0.05) is 6.08 Å². The topological polar surface area (TPSA) is 46.5 Å². The molecule has 0 radical (unpaired) electrons. The summed E-state index contributed by atoms with van der Waals surface area (Å²) in [5, 5.41) is 9.01. The lowest BCUT2D eigenvalue weighted by molar-refractivity contribution is -0.131. The van der Waals surface area contributed by atoms with Gasteiger partial charge in [-0.15, -0.1) is 0 Å². The highest BCUT2D eigenvalue weighted by molar-refractivity contribution is 5.90. The molecule has 1 aromatic carbocycles. The fourth-order valence-electron chi connectivity index (χ4n) is 2.19. The van der Waals surface area contributed by atoms with Gasteiger partial charge in [0.15, 0.2) is 0 Å². The van der Waals surface area contributed by atoms with Crippen molar-refractivity contribution in [3.63, 3.8) is 0 Å². The number of allylic oxidation sites excluding steroid dienone is 1. The SMILES string of the molecule is CCCOc1ccc(/C(=C/C(=O)O)CCC)c(CC)c1. The summed E-state index contributed by atoms with van der Waals surface area (Å²) < 4.78 is 5.64. The molecular formula is C17H24O3. The second-order valence-electron chi connectivity index (χ2n) is 4.78. The van der Waals surface area contributed by atoms with E-state index in [1.54, 1.807) is 0 Å². The molecule has 3 heteroatoms. The molecule has 0 saturated heterocycles. The smallest absolute Gasteiger partial charge is 0.328 e. The van der Waals surface area contributed by atoms with Gasteiger partial charge in [0.05, 0.1) is 6.61 Å². The van der Waals surface area contributed by atoms with Crippen LogP contribution in [0.15, 0.2) is 24.3 Å². The third-order valence-corrected chi connectivity index (χ3v) is 3.09. The monoisotopic (exact) mass is 276 g/mol. The van der Waals surface area contributed by atoms with Crippen LogP contribution in [0, 0.1) is 0 Å². The Bertz CT molecular complexity index is 475. The van der Waals surface area contributed by atoms with E-state index >= 15 is 0 Å². The predicted molar refractivity (Wildman–Crippen MR) is 82.1 cm³/mol. The van der Waals surface area contributed by atoms with Crippen LogP contribution in [0.25, 0.3) is 5.57 Å². The maximum atomic E-state index is 11.0. The molecule has 3 nitrogen and oxygen atoms in total. The van der Waals surface area contributed by atoms with Crippen molar-refractivity contribution in [3.8, 4) is 5.75 Å². The first kappa shape index (κ1) is 16.3. The van der Waals surface area contributed by atoms with E-state index in [2.05, 4.69) is 20.8 Å². The third kappa shape index (κ3) is 4.72. The third-order valence-electron chi connectivity index (χ3n) is 3.09. The van der Waals surface area contributed by atoms with Crippen LogP contribution in [0.2, 0.25) is 0 Å². The van der Waals surface area contributed by atoms with E-state index in [1.165, 1.54) is 6.08 Å². The van der Waals surface area contributed by atoms with E-state index < -0.39 is 5.97 Å². The van der Waals surface area contributed by atoms with Gasteiger partial charge in [-0.25, -0.2) is 4.79 Å². The summed E-state index contributed by atoms with van der Waals surface area (Å²) in [6.07, 6.45) is 4.86. The van der Waals surface area contributed by atoms with Crippen molar-refractivity contribution in [3.05, 3.63) is 35.4 Å². The summed E-state index contributed by atoms with van der Waals surface area (Å²) >= 11 is 0. The van der Waals surface area contributed by atoms with Crippen molar-refractivity contribution in [1.82, 2.24) is 0 Å². The molecule has 0 unspecified atom stereocenters. The van der Waals surface area contributed by atoms with Crippen LogP contribution in [-0.2, 0) is 11.2 Å². The summed E-state index contributed by atoms with van der Waals surface area (Å²) in [5.74, 6) is -0.0274. The molecule has 0 heterocycles. The molecule has 20 heavy (non-hydrogen) atoms. The number of rotatable bonds is 8. The highest BCUT2D eigenvalue weighted by Gasteiger charge is 2.09. The van der Waals surface area contributed by atoms with Crippen LogP contribution in [0.1, 0.15) is 51.2 Å². The van der Waals surface area contributed by atoms with Crippen LogP contribution >= 0.6 is 0 Å². The quantitative estimate of drug-likeness (QED) is 0.720. The van der Waals surface area contributed by atoms with Gasteiger partial charge in [-0.2, -0.15) is 0 Å². The first-order valence-electron chi connectivity index (χ1n) is 7.31. The highest BCUT2D eigenvalue weighted by atomic mass is 16.5. The van der Waals surface area contributed by atoms with Crippen molar-refractivity contribution >= 4 is 11.5 Å². The predicted octanol–water partition coefficient (Wildman–Crippen LogP) is 4.31. The van der Waals surface area contributed by atoms with Crippen LogP contribution < -0.4 is 4.74 Å². The average Bonchev–Trinajstić information content (AvgIpc) is 2.44. The number of aryl methyl sites for hydroxylation is 1. The van der Waals surface area contributed by atoms with Gasteiger partial charge in [0.2, 0.25) is 0 Å². The Hall–Kier alpha value is -1.77. The number of carbonyl (C=O) groups is 1. The van der Waals surface area contributed by atoms with Crippen molar-refractivity contribution in [2.75, 3.05) is 6.61 Å². The molecule has 0 fully saturated rings. The highest BCUT2D eigenvalue weighted by Crippen LogP contribution is 2.27. The van der Waals surface area contributed by atoms with Crippen LogP contribution in [0.4, 0.5) is 0 Å². The Balaban J connectivity index is 3.11. The van der Waals surface area contributed by atoms with Crippen molar-refractivity contribution in [2.45, 2.75) is 46.5 Å². The lowest BCUT2D eigenvalue weighted by Crippen LogP contribution is -2.00. The van der Waals surface area contributed by atoms with Crippen molar-refractivity contribution in [2.24, 2.45) is 0 Å². The standard InChI is InChI=1S/C17H24O3/c1-4-7-14(12-17(18)19)16-9-8-15(20-10-5-2)11-13(16)6-3/h8-9,11-12H,4-7,10H2,1-3H3,(H,18,19)/b14-12+. The molecule has 0 saturated carbocycles. The molecule has 1 rings (SSSR count). The minimum atomic E-state index is -0.887. The molecule has 1 N–H and O–H groups in total. The lowest BCUT2D eigenvalue weighted by atomic mass is 9.94. The Morgan fingerprint density at radius 3 is 2.55 bits per heavy atom. The average molecular weight is 276 g/mol. The maximum Gasteiger partial charge on any atom is 0.328 e. The van der Waals surface area contributed by atoms with Gasteiger partial charge in [-0.1, -0.05) is 33.3 Å². The second kappa shape index (κ2) is 8.41. The van der Waals surface area contributed by atoms with Gasteiger partial charge < -0.3 is 9.84 Å². The number of ether oxygens (including phenoxy) is 1. The first-order valence-corrected chi connectivity index (χ1v) is 7.31. The normalized spacial score (nSPS) is 11.4. The van der Waals surface area contributed by atoms with E-state index in [4.69, 9.17) is 9.84 Å². The molecule has 0 aromatic heterocycles. The van der Waals surface area contributed by atoms with Crippen molar-refractivity contribution in [1.29, 1.82) is 0 Å². The zero-order valence-corrected chi connectivity index (χ0v) is 12.6. The summed E-state index contributed by atoms with van der Waals surface area (Å²) in [4.78, 5) is 11.0. The molecule has 0 atom stereocenters. The molecular weight excluding hydrogens is 252 g/mol. The molecule has 110 valence electrons.